The van der Waals surface area contributed by atoms with Gasteiger partial charge in [0.15, 0.2) is 0 Å². The van der Waals surface area contributed by atoms with Gasteiger partial charge in [-0.05, 0) is 23.8 Å². The number of aromatic amines is 1. The highest BCUT2D eigenvalue weighted by Gasteiger charge is 2.31. The Morgan fingerprint density at radius 3 is 2.64 bits per heavy atom. The number of nitrogens with one attached hydrogen (secondary N) is 1. The normalized spacial score (nSPS) is 17.2. The molecule has 2 aromatic carbocycles. The number of nitrogens with zero attached hydrogens (tertiary/aromatic N) is 2. The van der Waals surface area contributed by atoms with Crippen LogP contribution in [0.2, 0.25) is 5.02 Å². The van der Waals surface area contributed by atoms with E-state index in [1.54, 1.807) is 0 Å². The topological polar surface area (TPSA) is 49.0 Å². The molecule has 4 rings (SSSR count). The lowest BCUT2D eigenvalue weighted by Crippen LogP contribution is -2.24. The van der Waals surface area contributed by atoms with Gasteiger partial charge >= 0.3 is 0 Å². The second kappa shape index (κ2) is 6.73. The monoisotopic (exact) mass is 351 g/mol. The Morgan fingerprint density at radius 1 is 1.12 bits per heavy atom. The molecule has 1 N–H and O–H groups in total. The van der Waals surface area contributed by atoms with Gasteiger partial charge in [-0.2, -0.15) is 5.10 Å². The summed E-state index contributed by atoms with van der Waals surface area (Å²) in [6.45, 7) is 1.38. The van der Waals surface area contributed by atoms with Gasteiger partial charge in [0.05, 0.1) is 5.69 Å². The first-order chi connectivity index (χ1) is 12.2. The number of aromatic nitrogens is 2. The minimum atomic E-state index is 0.157. The lowest BCUT2D eigenvalue weighted by Gasteiger charge is -2.16. The van der Waals surface area contributed by atoms with Crippen molar-refractivity contribution in [3.05, 3.63) is 76.9 Å². The molecular weight excluding hydrogens is 334 g/mol. The molecule has 1 aliphatic rings. The Kier molecular flexibility index (Phi) is 4.28. The van der Waals surface area contributed by atoms with Crippen molar-refractivity contribution in [1.82, 2.24) is 15.1 Å². The van der Waals surface area contributed by atoms with Crippen LogP contribution in [0.5, 0.6) is 0 Å². The van der Waals surface area contributed by atoms with Gasteiger partial charge < -0.3 is 4.90 Å². The fourth-order valence-corrected chi connectivity index (χ4v) is 3.38. The molecule has 1 atom stereocenters. The largest absolute Gasteiger partial charge is 0.338 e. The first kappa shape index (κ1) is 15.9. The molecule has 126 valence electrons. The van der Waals surface area contributed by atoms with E-state index < -0.39 is 0 Å². The van der Waals surface area contributed by atoms with Crippen molar-refractivity contribution in [3.63, 3.8) is 0 Å². The maximum Gasteiger partial charge on any atom is 0.223 e. The average molecular weight is 352 g/mol. The van der Waals surface area contributed by atoms with Crippen molar-refractivity contribution >= 4 is 17.5 Å². The summed E-state index contributed by atoms with van der Waals surface area (Å²) in [7, 11) is 0. The molecule has 0 radical (unpaired) electrons. The van der Waals surface area contributed by atoms with E-state index in [-0.39, 0.29) is 11.8 Å². The Labute approximate surface area is 151 Å². The summed E-state index contributed by atoms with van der Waals surface area (Å²) in [6.07, 6.45) is 0.523. The molecule has 5 heteroatoms. The van der Waals surface area contributed by atoms with E-state index >= 15 is 0 Å². The Morgan fingerprint density at radius 2 is 1.88 bits per heavy atom. The third kappa shape index (κ3) is 3.44. The number of likely N-dealkylation sites (tertiary alicyclic amines) is 1. The van der Waals surface area contributed by atoms with E-state index in [2.05, 4.69) is 22.3 Å². The number of hydrogen-bond donors (Lipinski definition) is 1. The lowest BCUT2D eigenvalue weighted by molar-refractivity contribution is -0.128. The minimum Gasteiger partial charge on any atom is -0.338 e. The smallest absolute Gasteiger partial charge is 0.223 e. The number of H-pyrrole nitrogens is 1. The lowest BCUT2D eigenvalue weighted by atomic mass is 10.0. The predicted molar refractivity (Wildman–Crippen MR) is 98.3 cm³/mol. The summed E-state index contributed by atoms with van der Waals surface area (Å²) in [4.78, 5) is 14.3. The number of rotatable bonds is 4. The van der Waals surface area contributed by atoms with E-state index in [1.807, 2.05) is 53.4 Å². The van der Waals surface area contributed by atoms with Gasteiger partial charge in [-0.25, -0.2) is 0 Å². The Hall–Kier alpha value is -2.59. The number of halogens is 1. The summed E-state index contributed by atoms with van der Waals surface area (Å²) >= 11 is 5.94. The molecule has 2 heterocycles. The number of amides is 1. The van der Waals surface area contributed by atoms with Crippen LogP contribution >= 0.6 is 11.6 Å². The molecule has 4 nitrogen and oxygen atoms in total. The van der Waals surface area contributed by atoms with Gasteiger partial charge in [-0.1, -0.05) is 54.1 Å². The van der Waals surface area contributed by atoms with Crippen LogP contribution in [0, 0.1) is 0 Å². The molecule has 25 heavy (non-hydrogen) atoms. The van der Waals surface area contributed by atoms with Gasteiger partial charge in [0.1, 0.15) is 0 Å². The van der Waals surface area contributed by atoms with Crippen molar-refractivity contribution in [2.24, 2.45) is 0 Å². The average Bonchev–Trinajstić information content (AvgIpc) is 3.24. The van der Waals surface area contributed by atoms with E-state index in [0.717, 1.165) is 29.1 Å². The van der Waals surface area contributed by atoms with Crippen LogP contribution in [0.1, 0.15) is 23.6 Å². The molecule has 3 aromatic rings. The zero-order valence-electron chi connectivity index (χ0n) is 13.7. The molecule has 0 aliphatic carbocycles. The summed E-state index contributed by atoms with van der Waals surface area (Å²) < 4.78 is 0. The highest BCUT2D eigenvalue weighted by molar-refractivity contribution is 6.30. The van der Waals surface area contributed by atoms with Gasteiger partial charge in [-0.15, -0.1) is 0 Å². The van der Waals surface area contributed by atoms with Crippen LogP contribution in [-0.2, 0) is 11.3 Å². The molecule has 1 unspecified atom stereocenters. The van der Waals surface area contributed by atoms with Gasteiger partial charge in [-0.3, -0.25) is 9.89 Å². The van der Waals surface area contributed by atoms with Crippen molar-refractivity contribution in [3.8, 4) is 11.3 Å². The molecular formula is C20H18ClN3O. The van der Waals surface area contributed by atoms with E-state index in [0.29, 0.717) is 18.0 Å². The third-order valence-corrected chi connectivity index (χ3v) is 4.86. The first-order valence-corrected chi connectivity index (χ1v) is 8.70. The van der Waals surface area contributed by atoms with Crippen LogP contribution in [-0.4, -0.2) is 27.5 Å². The number of hydrogen-bond acceptors (Lipinski definition) is 2. The first-order valence-electron chi connectivity index (χ1n) is 8.32. The molecule has 0 spiro atoms. The highest BCUT2D eigenvalue weighted by Crippen LogP contribution is 2.30. The summed E-state index contributed by atoms with van der Waals surface area (Å²) in [5.74, 6) is 0.348. The fraction of sp³-hybridized carbons (Fsp3) is 0.200. The fourth-order valence-electron chi connectivity index (χ4n) is 3.25. The summed E-state index contributed by atoms with van der Waals surface area (Å²) in [5.41, 5.74) is 4.05. The van der Waals surface area contributed by atoms with Crippen molar-refractivity contribution in [2.45, 2.75) is 18.9 Å². The molecule has 0 saturated carbocycles. The standard InChI is InChI=1S/C20H18ClN3O/c21-17-8-6-15(7-9-17)18-11-19(23-22-18)16-10-20(25)24(13-16)12-14-4-2-1-3-5-14/h1-9,11,16H,10,12-13H2,(H,22,23). The quantitative estimate of drug-likeness (QED) is 0.764. The number of benzene rings is 2. The van der Waals surface area contributed by atoms with Gasteiger partial charge in [0.25, 0.3) is 0 Å². The van der Waals surface area contributed by atoms with Gasteiger partial charge in [0, 0.05) is 41.7 Å². The summed E-state index contributed by atoms with van der Waals surface area (Å²) in [6, 6.07) is 19.7. The van der Waals surface area contributed by atoms with E-state index in [4.69, 9.17) is 11.6 Å². The second-order valence-electron chi connectivity index (χ2n) is 6.38. The van der Waals surface area contributed by atoms with Crippen LogP contribution in [0.4, 0.5) is 0 Å². The molecule has 1 aromatic heterocycles. The number of carbonyl (C=O) groups excluding carboxylic acids is 1. The maximum absolute atomic E-state index is 12.4. The third-order valence-electron chi connectivity index (χ3n) is 4.61. The zero-order valence-corrected chi connectivity index (χ0v) is 14.4. The van der Waals surface area contributed by atoms with E-state index in [9.17, 15) is 4.79 Å². The van der Waals surface area contributed by atoms with Crippen LogP contribution in [0.25, 0.3) is 11.3 Å². The van der Waals surface area contributed by atoms with Crippen molar-refractivity contribution in [2.75, 3.05) is 6.54 Å². The SMILES string of the molecule is O=C1CC(c2cc(-c3ccc(Cl)cc3)n[nH]2)CN1Cc1ccccc1. The summed E-state index contributed by atoms with van der Waals surface area (Å²) in [5, 5.41) is 8.21. The minimum absolute atomic E-state index is 0.157. The molecule has 0 bridgehead atoms. The van der Waals surface area contributed by atoms with Crippen LogP contribution in [0.15, 0.2) is 60.7 Å². The van der Waals surface area contributed by atoms with Gasteiger partial charge in [0.2, 0.25) is 5.91 Å². The van der Waals surface area contributed by atoms with Crippen LogP contribution < -0.4 is 0 Å². The Balaban J connectivity index is 1.48. The maximum atomic E-state index is 12.4. The van der Waals surface area contributed by atoms with Crippen molar-refractivity contribution in [1.29, 1.82) is 0 Å². The molecule has 1 amide bonds. The molecule has 1 saturated heterocycles. The molecule has 1 fully saturated rings. The highest BCUT2D eigenvalue weighted by atomic mass is 35.5. The van der Waals surface area contributed by atoms with Crippen LogP contribution in [0.3, 0.4) is 0 Å². The molecule has 1 aliphatic heterocycles. The second-order valence-corrected chi connectivity index (χ2v) is 6.81. The number of carbonyl (C=O) groups is 1. The Bertz CT molecular complexity index is 873. The van der Waals surface area contributed by atoms with Crippen molar-refractivity contribution < 1.29 is 4.79 Å². The van der Waals surface area contributed by atoms with E-state index in [1.165, 1.54) is 0 Å². The predicted octanol–water partition coefficient (Wildman–Crippen LogP) is 4.25. The zero-order chi connectivity index (χ0) is 17.2.